The monoisotopic (exact) mass is 426 g/mol. The first-order valence-corrected chi connectivity index (χ1v) is 9.16. The van der Waals surface area contributed by atoms with Gasteiger partial charge in [0.2, 0.25) is 0 Å². The molecule has 1 N–H and O–H groups in total. The van der Waals surface area contributed by atoms with Crippen LogP contribution in [0.15, 0.2) is 77.3 Å². The van der Waals surface area contributed by atoms with Gasteiger partial charge in [-0.05, 0) is 46.3 Å². The third kappa shape index (κ3) is 3.30. The van der Waals surface area contributed by atoms with E-state index in [0.29, 0.717) is 15.3 Å². The predicted molar refractivity (Wildman–Crippen MR) is 108 cm³/mol. The van der Waals surface area contributed by atoms with Crippen LogP contribution in [0.4, 0.5) is 4.39 Å². The first-order chi connectivity index (χ1) is 12.6. The zero-order valence-corrected chi connectivity index (χ0v) is 15.9. The van der Waals surface area contributed by atoms with Crippen LogP contribution in [0.2, 0.25) is 5.02 Å². The molecule has 1 aromatic heterocycles. The fourth-order valence-corrected chi connectivity index (χ4v) is 3.38. The minimum Gasteiger partial charge on any atom is -0.337 e. The Morgan fingerprint density at radius 3 is 2.35 bits per heavy atom. The number of benzene rings is 3. The van der Waals surface area contributed by atoms with Crippen LogP contribution in [0.5, 0.6) is 0 Å². The second-order valence-corrected chi connectivity index (χ2v) is 7.11. The summed E-state index contributed by atoms with van der Waals surface area (Å²) in [5, 5.41) is 0.649. The van der Waals surface area contributed by atoms with Gasteiger partial charge in [0.1, 0.15) is 11.6 Å². The fourth-order valence-electron chi connectivity index (χ4n) is 2.81. The average Bonchev–Trinajstić information content (AvgIpc) is 3.10. The van der Waals surface area contributed by atoms with Crippen molar-refractivity contribution in [3.63, 3.8) is 0 Å². The molecule has 0 spiro atoms. The van der Waals surface area contributed by atoms with Crippen molar-refractivity contribution in [3.8, 4) is 33.9 Å². The molecule has 128 valence electrons. The van der Waals surface area contributed by atoms with Crippen molar-refractivity contribution in [2.45, 2.75) is 0 Å². The Morgan fingerprint density at radius 1 is 0.846 bits per heavy atom. The molecule has 4 aromatic rings. The van der Waals surface area contributed by atoms with E-state index in [1.807, 2.05) is 54.6 Å². The van der Waals surface area contributed by atoms with Crippen LogP contribution in [0, 0.1) is 5.82 Å². The number of hydrogen-bond donors (Lipinski definition) is 1. The molecular formula is C21H13BrClFN2. The highest BCUT2D eigenvalue weighted by molar-refractivity contribution is 9.10. The van der Waals surface area contributed by atoms with Crippen LogP contribution >= 0.6 is 27.5 Å². The lowest BCUT2D eigenvalue weighted by Crippen LogP contribution is -1.84. The minimum atomic E-state index is -0.307. The van der Waals surface area contributed by atoms with Crippen LogP contribution in [0.25, 0.3) is 33.9 Å². The molecule has 0 aliphatic carbocycles. The summed E-state index contributed by atoms with van der Waals surface area (Å²) in [5.74, 6) is 0.359. The molecule has 0 atom stereocenters. The number of rotatable bonds is 3. The second kappa shape index (κ2) is 7.06. The highest BCUT2D eigenvalue weighted by Crippen LogP contribution is 2.34. The first-order valence-electron chi connectivity index (χ1n) is 7.98. The Balaban J connectivity index is 1.91. The highest BCUT2D eigenvalue weighted by atomic mass is 79.9. The highest BCUT2D eigenvalue weighted by Gasteiger charge is 2.16. The molecule has 0 aliphatic rings. The number of nitrogens with zero attached hydrogens (tertiary/aromatic N) is 1. The number of halogens is 3. The van der Waals surface area contributed by atoms with Gasteiger partial charge in [0, 0.05) is 21.7 Å². The van der Waals surface area contributed by atoms with Crippen molar-refractivity contribution < 1.29 is 4.39 Å². The molecule has 0 unspecified atom stereocenters. The summed E-state index contributed by atoms with van der Waals surface area (Å²) in [5.41, 5.74) is 4.42. The largest absolute Gasteiger partial charge is 0.337 e. The van der Waals surface area contributed by atoms with Gasteiger partial charge in [0.05, 0.1) is 15.9 Å². The maximum absolute atomic E-state index is 13.6. The Labute approximate surface area is 163 Å². The number of imidazole rings is 1. The summed E-state index contributed by atoms with van der Waals surface area (Å²) in [6.45, 7) is 0. The SMILES string of the molecule is Fc1ccc(-c2nc(-c3cccc(Cl)c3)c(-c3ccccc3)[nH]2)cc1Br. The molecule has 1 heterocycles. The summed E-state index contributed by atoms with van der Waals surface area (Å²) >= 11 is 9.40. The van der Waals surface area contributed by atoms with Crippen molar-refractivity contribution in [3.05, 3.63) is 88.1 Å². The standard InChI is InChI=1S/C21H13BrClFN2/c22-17-12-15(9-10-18(17)24)21-25-19(13-5-2-1-3-6-13)20(26-21)14-7-4-8-16(23)11-14/h1-12H,(H,25,26). The van der Waals surface area contributed by atoms with Crippen molar-refractivity contribution >= 4 is 27.5 Å². The average molecular weight is 428 g/mol. The van der Waals surface area contributed by atoms with Gasteiger partial charge < -0.3 is 4.98 Å². The van der Waals surface area contributed by atoms with Crippen LogP contribution in [-0.4, -0.2) is 9.97 Å². The minimum absolute atomic E-state index is 0.307. The molecule has 3 aromatic carbocycles. The molecule has 0 fully saturated rings. The van der Waals surface area contributed by atoms with Gasteiger partial charge in [-0.1, -0.05) is 54.1 Å². The van der Waals surface area contributed by atoms with Crippen molar-refractivity contribution in [2.24, 2.45) is 0 Å². The lowest BCUT2D eigenvalue weighted by Gasteiger charge is -2.03. The molecule has 26 heavy (non-hydrogen) atoms. The smallest absolute Gasteiger partial charge is 0.138 e. The van der Waals surface area contributed by atoms with E-state index >= 15 is 0 Å². The molecule has 0 amide bonds. The van der Waals surface area contributed by atoms with E-state index in [4.69, 9.17) is 16.6 Å². The van der Waals surface area contributed by atoms with Gasteiger partial charge >= 0.3 is 0 Å². The van der Waals surface area contributed by atoms with Gasteiger partial charge in [-0.15, -0.1) is 0 Å². The zero-order valence-electron chi connectivity index (χ0n) is 13.5. The molecule has 2 nitrogen and oxygen atoms in total. The first kappa shape index (κ1) is 17.0. The quantitative estimate of drug-likeness (QED) is 0.376. The van der Waals surface area contributed by atoms with Crippen molar-refractivity contribution in [1.82, 2.24) is 9.97 Å². The maximum atomic E-state index is 13.6. The Morgan fingerprint density at radius 2 is 1.62 bits per heavy atom. The molecule has 4 rings (SSSR count). The third-order valence-corrected chi connectivity index (χ3v) is 4.90. The van der Waals surface area contributed by atoms with Crippen LogP contribution in [-0.2, 0) is 0 Å². The van der Waals surface area contributed by atoms with Crippen LogP contribution in [0.1, 0.15) is 0 Å². The molecular weight excluding hydrogens is 415 g/mol. The fraction of sp³-hybridized carbons (Fsp3) is 0. The van der Waals surface area contributed by atoms with Crippen LogP contribution in [0.3, 0.4) is 0 Å². The Bertz CT molecular complexity index is 1080. The molecule has 0 radical (unpaired) electrons. The van der Waals surface area contributed by atoms with E-state index in [1.165, 1.54) is 6.07 Å². The molecule has 0 saturated heterocycles. The van der Waals surface area contributed by atoms with Crippen LogP contribution < -0.4 is 0 Å². The topological polar surface area (TPSA) is 28.7 Å². The second-order valence-electron chi connectivity index (χ2n) is 5.81. The lowest BCUT2D eigenvalue weighted by molar-refractivity contribution is 0.621. The normalized spacial score (nSPS) is 10.9. The molecule has 0 saturated carbocycles. The third-order valence-electron chi connectivity index (χ3n) is 4.06. The summed E-state index contributed by atoms with van der Waals surface area (Å²) in [7, 11) is 0. The van der Waals surface area contributed by atoms with Gasteiger partial charge in [0.25, 0.3) is 0 Å². The Hall–Kier alpha value is -2.43. The maximum Gasteiger partial charge on any atom is 0.138 e. The number of aromatic nitrogens is 2. The van der Waals surface area contributed by atoms with Gasteiger partial charge in [-0.3, -0.25) is 0 Å². The molecule has 0 bridgehead atoms. The number of aromatic amines is 1. The summed E-state index contributed by atoms with van der Waals surface area (Å²) in [6.07, 6.45) is 0. The van der Waals surface area contributed by atoms with E-state index in [1.54, 1.807) is 12.1 Å². The summed E-state index contributed by atoms with van der Waals surface area (Å²) < 4.78 is 14.0. The van der Waals surface area contributed by atoms with Gasteiger partial charge in [0.15, 0.2) is 0 Å². The zero-order chi connectivity index (χ0) is 18.1. The van der Waals surface area contributed by atoms with Crippen molar-refractivity contribution in [1.29, 1.82) is 0 Å². The number of hydrogen-bond acceptors (Lipinski definition) is 1. The van der Waals surface area contributed by atoms with Gasteiger partial charge in [-0.25, -0.2) is 9.37 Å². The van der Waals surface area contributed by atoms with E-state index < -0.39 is 0 Å². The molecule has 5 heteroatoms. The van der Waals surface area contributed by atoms with Gasteiger partial charge in [-0.2, -0.15) is 0 Å². The summed E-state index contributed by atoms with van der Waals surface area (Å²) in [6, 6.07) is 22.4. The van der Waals surface area contributed by atoms with Crippen molar-refractivity contribution in [2.75, 3.05) is 0 Å². The summed E-state index contributed by atoms with van der Waals surface area (Å²) in [4.78, 5) is 8.16. The lowest BCUT2D eigenvalue weighted by atomic mass is 10.1. The van der Waals surface area contributed by atoms with E-state index in [-0.39, 0.29) is 5.82 Å². The van der Waals surface area contributed by atoms with E-state index in [0.717, 1.165) is 28.1 Å². The molecule has 0 aliphatic heterocycles. The van der Waals surface area contributed by atoms with E-state index in [9.17, 15) is 4.39 Å². The number of H-pyrrole nitrogens is 1. The van der Waals surface area contributed by atoms with E-state index in [2.05, 4.69) is 20.9 Å². The Kier molecular flexibility index (Phi) is 4.62. The number of nitrogens with one attached hydrogen (secondary N) is 1. The predicted octanol–water partition coefficient (Wildman–Crippen LogP) is 6.97.